The molecule has 3 heterocycles. The molecule has 140 valence electrons. The van der Waals surface area contributed by atoms with Gasteiger partial charge in [0.15, 0.2) is 5.76 Å². The molecule has 1 fully saturated rings. The number of amides is 1. The van der Waals surface area contributed by atoms with Crippen molar-refractivity contribution < 1.29 is 9.32 Å². The van der Waals surface area contributed by atoms with Crippen LogP contribution in [0.5, 0.6) is 0 Å². The highest BCUT2D eigenvalue weighted by atomic mass is 32.1. The first-order valence-electron chi connectivity index (χ1n) is 9.20. The van der Waals surface area contributed by atoms with Gasteiger partial charge in [-0.15, -0.1) is 5.10 Å². The fraction of sp³-hybridized carbons (Fsp3) is 0.400. The first kappa shape index (κ1) is 17.9. The molecule has 0 radical (unpaired) electrons. The maximum atomic E-state index is 12.7. The quantitative estimate of drug-likeness (QED) is 0.687. The van der Waals surface area contributed by atoms with Crippen LogP contribution in [0.15, 0.2) is 34.9 Å². The number of likely N-dealkylation sites (tertiary alicyclic amines) is 1. The van der Waals surface area contributed by atoms with Crippen molar-refractivity contribution in [1.29, 1.82) is 0 Å². The van der Waals surface area contributed by atoms with Crippen LogP contribution in [0.3, 0.4) is 0 Å². The molecule has 1 saturated heterocycles. The summed E-state index contributed by atoms with van der Waals surface area (Å²) in [5.41, 5.74) is 4.10. The summed E-state index contributed by atoms with van der Waals surface area (Å²) in [5, 5.41) is 8.32. The predicted octanol–water partition coefficient (Wildman–Crippen LogP) is 3.76. The van der Waals surface area contributed by atoms with Gasteiger partial charge in [-0.3, -0.25) is 4.79 Å². The Bertz CT molecular complexity index is 941. The lowest BCUT2D eigenvalue weighted by molar-refractivity contribution is -0.131. The van der Waals surface area contributed by atoms with Crippen LogP contribution in [0, 0.1) is 13.8 Å². The number of carbonyl (C=O) groups is 1. The number of piperidine rings is 1. The zero-order valence-electron chi connectivity index (χ0n) is 15.5. The second-order valence-corrected chi connectivity index (χ2v) is 7.83. The van der Waals surface area contributed by atoms with Gasteiger partial charge in [0, 0.05) is 25.1 Å². The van der Waals surface area contributed by atoms with Gasteiger partial charge in [0.05, 0.1) is 17.8 Å². The topological polar surface area (TPSA) is 72.1 Å². The molecule has 27 heavy (non-hydrogen) atoms. The van der Waals surface area contributed by atoms with Gasteiger partial charge in [-0.1, -0.05) is 33.9 Å². The minimum absolute atomic E-state index is 0.199. The van der Waals surface area contributed by atoms with E-state index in [9.17, 15) is 4.79 Å². The molecule has 2 aromatic heterocycles. The molecule has 0 unspecified atom stereocenters. The van der Waals surface area contributed by atoms with E-state index in [2.05, 4.69) is 27.7 Å². The Morgan fingerprint density at radius 1 is 1.26 bits per heavy atom. The zero-order chi connectivity index (χ0) is 18.8. The SMILES string of the molecule is Cc1cc(-c2snnc2C2CCN(C(=O)Cc3ccccc3C)CC2)on1. The highest BCUT2D eigenvalue weighted by Gasteiger charge is 2.29. The van der Waals surface area contributed by atoms with Crippen molar-refractivity contribution in [2.24, 2.45) is 0 Å². The van der Waals surface area contributed by atoms with Gasteiger partial charge in [-0.05, 0) is 49.3 Å². The number of nitrogens with zero attached hydrogens (tertiary/aromatic N) is 4. The summed E-state index contributed by atoms with van der Waals surface area (Å²) in [5.74, 6) is 1.23. The first-order chi connectivity index (χ1) is 13.1. The van der Waals surface area contributed by atoms with Crippen LogP contribution in [0.25, 0.3) is 10.6 Å². The molecule has 3 aromatic rings. The van der Waals surface area contributed by atoms with Gasteiger partial charge < -0.3 is 9.42 Å². The second kappa shape index (κ2) is 7.60. The fourth-order valence-corrected chi connectivity index (χ4v) is 4.29. The van der Waals surface area contributed by atoms with E-state index in [1.54, 1.807) is 0 Å². The summed E-state index contributed by atoms with van der Waals surface area (Å²) in [6.45, 7) is 5.46. The van der Waals surface area contributed by atoms with E-state index in [1.165, 1.54) is 17.1 Å². The van der Waals surface area contributed by atoms with Crippen LogP contribution in [-0.2, 0) is 11.2 Å². The van der Waals surface area contributed by atoms with Crippen molar-refractivity contribution in [2.75, 3.05) is 13.1 Å². The summed E-state index contributed by atoms with van der Waals surface area (Å²) >= 11 is 1.34. The normalized spacial score (nSPS) is 15.3. The van der Waals surface area contributed by atoms with E-state index in [1.807, 2.05) is 36.1 Å². The maximum Gasteiger partial charge on any atom is 0.226 e. The number of carbonyl (C=O) groups excluding carboxylic acids is 1. The third kappa shape index (κ3) is 3.78. The molecule has 0 aliphatic carbocycles. The van der Waals surface area contributed by atoms with E-state index in [-0.39, 0.29) is 5.91 Å². The predicted molar refractivity (Wildman–Crippen MR) is 104 cm³/mol. The Kier molecular flexibility index (Phi) is 5.03. The summed E-state index contributed by atoms with van der Waals surface area (Å²) in [6, 6.07) is 10.00. The van der Waals surface area contributed by atoms with Crippen LogP contribution in [0.2, 0.25) is 0 Å². The molecular weight excluding hydrogens is 360 g/mol. The minimum Gasteiger partial charge on any atom is -0.355 e. The number of hydrogen-bond donors (Lipinski definition) is 0. The molecule has 4 rings (SSSR count). The monoisotopic (exact) mass is 382 g/mol. The Morgan fingerprint density at radius 2 is 2.04 bits per heavy atom. The Hall–Kier alpha value is -2.54. The summed E-state index contributed by atoms with van der Waals surface area (Å²) < 4.78 is 9.52. The number of benzene rings is 1. The molecule has 0 atom stereocenters. The second-order valence-electron chi connectivity index (χ2n) is 7.08. The van der Waals surface area contributed by atoms with Crippen LogP contribution in [0.1, 0.15) is 41.3 Å². The third-order valence-corrected chi connectivity index (χ3v) is 5.96. The zero-order valence-corrected chi connectivity index (χ0v) is 16.3. The molecule has 1 aliphatic heterocycles. The van der Waals surface area contributed by atoms with Crippen molar-refractivity contribution in [3.63, 3.8) is 0 Å². The van der Waals surface area contributed by atoms with E-state index in [4.69, 9.17) is 4.52 Å². The van der Waals surface area contributed by atoms with Gasteiger partial charge in [0.2, 0.25) is 5.91 Å². The van der Waals surface area contributed by atoms with Gasteiger partial charge in [0.1, 0.15) is 4.88 Å². The van der Waals surface area contributed by atoms with Gasteiger partial charge >= 0.3 is 0 Å². The largest absolute Gasteiger partial charge is 0.355 e. The molecule has 1 aromatic carbocycles. The third-order valence-electron chi connectivity index (χ3n) is 5.20. The van der Waals surface area contributed by atoms with Crippen molar-refractivity contribution in [2.45, 2.75) is 39.0 Å². The minimum atomic E-state index is 0.199. The summed E-state index contributed by atoms with van der Waals surface area (Å²) in [4.78, 5) is 15.6. The van der Waals surface area contributed by atoms with Crippen molar-refractivity contribution in [3.8, 4) is 10.6 Å². The lowest BCUT2D eigenvalue weighted by atomic mass is 9.92. The van der Waals surface area contributed by atoms with Crippen LogP contribution in [-0.4, -0.2) is 38.6 Å². The molecule has 1 amide bonds. The lowest BCUT2D eigenvalue weighted by Gasteiger charge is -2.31. The number of hydrogen-bond acceptors (Lipinski definition) is 6. The van der Waals surface area contributed by atoms with Crippen LogP contribution >= 0.6 is 11.5 Å². The highest BCUT2D eigenvalue weighted by Crippen LogP contribution is 2.36. The highest BCUT2D eigenvalue weighted by molar-refractivity contribution is 7.09. The number of aryl methyl sites for hydroxylation is 2. The average molecular weight is 382 g/mol. The van der Waals surface area contributed by atoms with Crippen LogP contribution in [0.4, 0.5) is 0 Å². The molecule has 0 saturated carbocycles. The van der Waals surface area contributed by atoms with E-state index < -0.39 is 0 Å². The summed E-state index contributed by atoms with van der Waals surface area (Å²) in [6.07, 6.45) is 2.26. The molecule has 7 heteroatoms. The molecule has 1 aliphatic rings. The van der Waals surface area contributed by atoms with E-state index >= 15 is 0 Å². The maximum absolute atomic E-state index is 12.7. The fourth-order valence-electron chi connectivity index (χ4n) is 3.59. The van der Waals surface area contributed by atoms with Gasteiger partial charge in [0.25, 0.3) is 0 Å². The van der Waals surface area contributed by atoms with Crippen molar-refractivity contribution >= 4 is 17.4 Å². The first-order valence-corrected chi connectivity index (χ1v) is 9.97. The van der Waals surface area contributed by atoms with Crippen molar-refractivity contribution in [1.82, 2.24) is 19.6 Å². The standard InChI is InChI=1S/C20H22N4O2S/c1-13-5-3-4-6-16(13)12-18(25)24-9-7-15(8-10-24)19-20(27-23-21-19)17-11-14(2)22-26-17/h3-6,11,15H,7-10,12H2,1-2H3. The van der Waals surface area contributed by atoms with Crippen molar-refractivity contribution in [3.05, 3.63) is 52.8 Å². The smallest absolute Gasteiger partial charge is 0.226 e. The number of aromatic nitrogens is 3. The van der Waals surface area contributed by atoms with E-state index in [0.717, 1.165) is 53.5 Å². The summed E-state index contributed by atoms with van der Waals surface area (Å²) in [7, 11) is 0. The molecule has 0 bridgehead atoms. The molecular formula is C20H22N4O2S. The molecule has 0 N–H and O–H groups in total. The Morgan fingerprint density at radius 3 is 2.74 bits per heavy atom. The number of rotatable bonds is 4. The van der Waals surface area contributed by atoms with E-state index in [0.29, 0.717) is 12.3 Å². The molecule has 6 nitrogen and oxygen atoms in total. The molecule has 0 spiro atoms. The van der Waals surface area contributed by atoms with Gasteiger partial charge in [-0.25, -0.2) is 0 Å². The average Bonchev–Trinajstić information content (AvgIpc) is 3.32. The Balaban J connectivity index is 1.40. The van der Waals surface area contributed by atoms with Gasteiger partial charge in [-0.2, -0.15) is 0 Å². The Labute approximate surface area is 162 Å². The lowest BCUT2D eigenvalue weighted by Crippen LogP contribution is -2.39. The van der Waals surface area contributed by atoms with Crippen LogP contribution < -0.4 is 0 Å².